The molecule has 3 rings (SSSR count). The van der Waals surface area contributed by atoms with E-state index in [1.54, 1.807) is 0 Å². The summed E-state index contributed by atoms with van der Waals surface area (Å²) >= 11 is 0. The van der Waals surface area contributed by atoms with Crippen molar-refractivity contribution in [2.45, 2.75) is 31.8 Å². The fourth-order valence-electron chi connectivity index (χ4n) is 3.29. The molecule has 2 N–H and O–H groups in total. The fourth-order valence-corrected chi connectivity index (χ4v) is 3.29. The van der Waals surface area contributed by atoms with Gasteiger partial charge in [0.1, 0.15) is 5.75 Å². The van der Waals surface area contributed by atoms with Crippen molar-refractivity contribution < 1.29 is 14.6 Å². The molecule has 0 bridgehead atoms. The van der Waals surface area contributed by atoms with Gasteiger partial charge in [-0.2, -0.15) is 0 Å². The number of hydrogen-bond acceptors (Lipinski definition) is 3. The number of carbonyl (C=O) groups is 1. The molecule has 0 saturated carbocycles. The number of hydrogen-bond donors (Lipinski definition) is 2. The molecule has 5 heteroatoms. The van der Waals surface area contributed by atoms with Crippen LogP contribution in [0, 0.1) is 0 Å². The molecule has 1 heterocycles. The summed E-state index contributed by atoms with van der Waals surface area (Å²) in [5.74, 6) is 0.897. The zero-order chi connectivity index (χ0) is 18.2. The van der Waals surface area contributed by atoms with E-state index in [0.29, 0.717) is 6.61 Å². The second kappa shape index (κ2) is 9.25. The van der Waals surface area contributed by atoms with Gasteiger partial charge in [-0.05, 0) is 36.1 Å². The Bertz CT molecular complexity index is 680. The molecular weight excluding hydrogens is 328 g/mol. The van der Waals surface area contributed by atoms with Gasteiger partial charge < -0.3 is 15.2 Å². The van der Waals surface area contributed by atoms with Crippen molar-refractivity contribution in [2.24, 2.45) is 0 Å². The molecule has 26 heavy (non-hydrogen) atoms. The van der Waals surface area contributed by atoms with Crippen LogP contribution in [-0.2, 0) is 13.0 Å². The molecule has 0 aliphatic carbocycles. The Hall–Kier alpha value is -2.53. The van der Waals surface area contributed by atoms with E-state index in [1.807, 2.05) is 30.3 Å². The van der Waals surface area contributed by atoms with Crippen molar-refractivity contribution >= 4 is 6.09 Å². The zero-order valence-corrected chi connectivity index (χ0v) is 14.9. The standard InChI is InChI=1S/C21H26N2O3/c24-21(25)22-19-10-13-23(14-11-19)16-18-6-8-20(9-7-18)26-15-12-17-4-2-1-3-5-17/h1-9,19,22H,10-16H2,(H,24,25). The molecule has 1 amide bonds. The molecule has 1 aliphatic rings. The molecule has 1 fully saturated rings. The molecule has 1 aliphatic heterocycles. The van der Waals surface area contributed by atoms with Gasteiger partial charge in [0.15, 0.2) is 0 Å². The Morgan fingerprint density at radius 2 is 1.73 bits per heavy atom. The number of piperidine rings is 1. The molecule has 0 unspecified atom stereocenters. The van der Waals surface area contributed by atoms with Gasteiger partial charge in [-0.25, -0.2) is 4.79 Å². The van der Waals surface area contributed by atoms with E-state index in [-0.39, 0.29) is 6.04 Å². The van der Waals surface area contributed by atoms with Crippen molar-refractivity contribution in [3.05, 3.63) is 65.7 Å². The molecule has 5 nitrogen and oxygen atoms in total. The highest BCUT2D eigenvalue weighted by Gasteiger charge is 2.20. The molecule has 2 aromatic carbocycles. The molecule has 0 atom stereocenters. The number of likely N-dealkylation sites (tertiary alicyclic amines) is 1. The molecule has 0 radical (unpaired) electrons. The predicted octanol–water partition coefficient (Wildman–Crippen LogP) is 3.54. The molecule has 0 aromatic heterocycles. The largest absolute Gasteiger partial charge is 0.493 e. The maximum absolute atomic E-state index is 10.7. The first kappa shape index (κ1) is 18.3. The topological polar surface area (TPSA) is 61.8 Å². The zero-order valence-electron chi connectivity index (χ0n) is 14.9. The lowest BCUT2D eigenvalue weighted by molar-refractivity contribution is 0.165. The Morgan fingerprint density at radius 1 is 1.04 bits per heavy atom. The van der Waals surface area contributed by atoms with Crippen molar-refractivity contribution in [1.29, 1.82) is 0 Å². The Balaban J connectivity index is 1.40. The molecule has 138 valence electrons. The summed E-state index contributed by atoms with van der Waals surface area (Å²) in [5, 5.41) is 11.4. The minimum absolute atomic E-state index is 0.0872. The number of nitrogens with zero attached hydrogens (tertiary/aromatic N) is 1. The number of benzene rings is 2. The monoisotopic (exact) mass is 354 g/mol. The van der Waals surface area contributed by atoms with Crippen LogP contribution in [0.1, 0.15) is 24.0 Å². The van der Waals surface area contributed by atoms with Gasteiger partial charge in [0.05, 0.1) is 6.61 Å². The predicted molar refractivity (Wildman–Crippen MR) is 102 cm³/mol. The molecule has 1 saturated heterocycles. The van der Waals surface area contributed by atoms with Gasteiger partial charge >= 0.3 is 6.09 Å². The first-order valence-corrected chi connectivity index (χ1v) is 9.16. The van der Waals surface area contributed by atoms with E-state index in [4.69, 9.17) is 9.84 Å². The molecule has 0 spiro atoms. The van der Waals surface area contributed by atoms with E-state index >= 15 is 0 Å². The highest BCUT2D eigenvalue weighted by atomic mass is 16.5. The first-order valence-electron chi connectivity index (χ1n) is 9.16. The van der Waals surface area contributed by atoms with Crippen LogP contribution in [0.2, 0.25) is 0 Å². The van der Waals surface area contributed by atoms with E-state index in [2.05, 4.69) is 34.5 Å². The van der Waals surface area contributed by atoms with Crippen molar-refractivity contribution in [3.8, 4) is 5.75 Å². The average Bonchev–Trinajstić information content (AvgIpc) is 2.65. The van der Waals surface area contributed by atoms with Crippen molar-refractivity contribution in [1.82, 2.24) is 10.2 Å². The first-order chi connectivity index (χ1) is 12.7. The van der Waals surface area contributed by atoms with Crippen LogP contribution in [0.3, 0.4) is 0 Å². The third kappa shape index (κ3) is 5.77. The number of nitrogens with one attached hydrogen (secondary N) is 1. The average molecular weight is 354 g/mol. The summed E-state index contributed by atoms with van der Waals surface area (Å²) in [4.78, 5) is 13.1. The minimum atomic E-state index is -0.925. The van der Waals surface area contributed by atoms with Gasteiger partial charge in [0.25, 0.3) is 0 Å². The fraction of sp³-hybridized carbons (Fsp3) is 0.381. The maximum Gasteiger partial charge on any atom is 0.404 e. The third-order valence-electron chi connectivity index (χ3n) is 4.75. The van der Waals surface area contributed by atoms with Gasteiger partial charge in [-0.3, -0.25) is 4.90 Å². The molecule has 2 aromatic rings. The van der Waals surface area contributed by atoms with Crippen LogP contribution in [0.15, 0.2) is 54.6 Å². The maximum atomic E-state index is 10.7. The summed E-state index contributed by atoms with van der Waals surface area (Å²) in [6, 6.07) is 18.7. The Kier molecular flexibility index (Phi) is 6.50. The number of rotatable bonds is 7. The van der Waals surface area contributed by atoms with Crippen molar-refractivity contribution in [2.75, 3.05) is 19.7 Å². The van der Waals surface area contributed by atoms with E-state index < -0.39 is 6.09 Å². The summed E-state index contributed by atoms with van der Waals surface area (Å²) in [7, 11) is 0. The van der Waals surface area contributed by atoms with Crippen LogP contribution >= 0.6 is 0 Å². The summed E-state index contributed by atoms with van der Waals surface area (Å²) < 4.78 is 5.83. The number of ether oxygens (including phenoxy) is 1. The lowest BCUT2D eigenvalue weighted by atomic mass is 10.0. The van der Waals surface area contributed by atoms with Crippen molar-refractivity contribution in [3.63, 3.8) is 0 Å². The van der Waals surface area contributed by atoms with Crippen LogP contribution in [-0.4, -0.2) is 41.8 Å². The molecular formula is C21H26N2O3. The van der Waals surface area contributed by atoms with Gasteiger partial charge in [0, 0.05) is 32.1 Å². The van der Waals surface area contributed by atoms with Gasteiger partial charge in [-0.15, -0.1) is 0 Å². The SMILES string of the molecule is O=C(O)NC1CCN(Cc2ccc(OCCc3ccccc3)cc2)CC1. The highest BCUT2D eigenvalue weighted by Crippen LogP contribution is 2.17. The van der Waals surface area contributed by atoms with Crippen LogP contribution < -0.4 is 10.1 Å². The lowest BCUT2D eigenvalue weighted by Gasteiger charge is -2.31. The second-order valence-electron chi connectivity index (χ2n) is 6.73. The van der Waals surface area contributed by atoms with Crippen LogP contribution in [0.5, 0.6) is 5.75 Å². The van der Waals surface area contributed by atoms with Gasteiger partial charge in [-0.1, -0.05) is 42.5 Å². The smallest absolute Gasteiger partial charge is 0.404 e. The normalized spacial score (nSPS) is 15.5. The van der Waals surface area contributed by atoms with Gasteiger partial charge in [0.2, 0.25) is 0 Å². The quantitative estimate of drug-likeness (QED) is 0.798. The second-order valence-corrected chi connectivity index (χ2v) is 6.73. The minimum Gasteiger partial charge on any atom is -0.493 e. The third-order valence-corrected chi connectivity index (χ3v) is 4.75. The Labute approximate surface area is 154 Å². The number of amides is 1. The van der Waals surface area contributed by atoms with E-state index in [1.165, 1.54) is 11.1 Å². The highest BCUT2D eigenvalue weighted by molar-refractivity contribution is 5.64. The summed E-state index contributed by atoms with van der Waals surface area (Å²) in [6.07, 6.45) is 1.72. The van der Waals surface area contributed by atoms with Crippen LogP contribution in [0.4, 0.5) is 4.79 Å². The van der Waals surface area contributed by atoms with Crippen LogP contribution in [0.25, 0.3) is 0 Å². The lowest BCUT2D eigenvalue weighted by Crippen LogP contribution is -2.43. The summed E-state index contributed by atoms with van der Waals surface area (Å²) in [5.41, 5.74) is 2.54. The number of carboxylic acid groups (broad SMARTS) is 1. The summed E-state index contributed by atoms with van der Waals surface area (Å²) in [6.45, 7) is 3.40. The Morgan fingerprint density at radius 3 is 2.38 bits per heavy atom. The van der Waals surface area contributed by atoms with E-state index in [9.17, 15) is 4.79 Å². The van der Waals surface area contributed by atoms with E-state index in [0.717, 1.165) is 44.6 Å².